The highest BCUT2D eigenvalue weighted by atomic mass is 16.4. The van der Waals surface area contributed by atoms with Crippen LogP contribution in [0, 0.1) is 5.92 Å². The third kappa shape index (κ3) is 11.6. The zero-order valence-corrected chi connectivity index (χ0v) is 18.4. The quantitative estimate of drug-likeness (QED) is 0.112. The molecule has 13 nitrogen and oxygen atoms in total. The highest BCUT2D eigenvalue weighted by Gasteiger charge is 2.31. The smallest absolute Gasteiger partial charge is 0.326 e. The van der Waals surface area contributed by atoms with Gasteiger partial charge in [-0.1, -0.05) is 13.8 Å². The molecule has 0 bridgehead atoms. The molecule has 0 aliphatic carbocycles. The Balaban J connectivity index is 5.46. The van der Waals surface area contributed by atoms with Crippen molar-refractivity contribution in [1.82, 2.24) is 16.0 Å². The van der Waals surface area contributed by atoms with Gasteiger partial charge in [-0.25, -0.2) is 4.79 Å². The van der Waals surface area contributed by atoms with Gasteiger partial charge in [0, 0.05) is 0 Å². The Morgan fingerprint density at radius 2 is 1.38 bits per heavy atom. The van der Waals surface area contributed by atoms with Crippen LogP contribution in [0.15, 0.2) is 0 Å². The summed E-state index contributed by atoms with van der Waals surface area (Å²) in [5.74, 6) is -5.34. The van der Waals surface area contributed by atoms with Crippen molar-refractivity contribution < 1.29 is 39.3 Å². The monoisotopic (exact) mass is 461 g/mol. The summed E-state index contributed by atoms with van der Waals surface area (Å²) in [6.07, 6.45) is 0.567. The summed E-state index contributed by atoms with van der Waals surface area (Å²) < 4.78 is 0. The minimum Gasteiger partial charge on any atom is -0.481 e. The molecule has 0 rings (SSSR count). The number of nitrogens with two attached hydrogens (primary N) is 2. The van der Waals surface area contributed by atoms with Crippen molar-refractivity contribution in [3.05, 3.63) is 0 Å². The zero-order valence-electron chi connectivity index (χ0n) is 18.4. The maximum Gasteiger partial charge on any atom is 0.326 e. The van der Waals surface area contributed by atoms with Gasteiger partial charge in [0.15, 0.2) is 0 Å². The number of aliphatic hydroxyl groups excluding tert-OH is 1. The van der Waals surface area contributed by atoms with Crippen LogP contribution in [0.4, 0.5) is 0 Å². The number of rotatable bonds is 16. The lowest BCUT2D eigenvalue weighted by Gasteiger charge is -2.25. The van der Waals surface area contributed by atoms with E-state index in [0.29, 0.717) is 19.4 Å². The van der Waals surface area contributed by atoms with Crippen LogP contribution < -0.4 is 27.4 Å². The third-order valence-electron chi connectivity index (χ3n) is 4.45. The van der Waals surface area contributed by atoms with Crippen LogP contribution in [0.25, 0.3) is 0 Å². The number of carbonyl (C=O) groups excluding carboxylic acids is 3. The highest BCUT2D eigenvalue weighted by molar-refractivity contribution is 5.94. The second-order valence-electron chi connectivity index (χ2n) is 7.82. The Hall–Kier alpha value is -2.77. The summed E-state index contributed by atoms with van der Waals surface area (Å²) in [5.41, 5.74) is 10.9. The van der Waals surface area contributed by atoms with Gasteiger partial charge in [0.2, 0.25) is 17.7 Å². The molecule has 10 N–H and O–H groups in total. The average Bonchev–Trinajstić information content (AvgIpc) is 2.70. The second-order valence-corrected chi connectivity index (χ2v) is 7.82. The van der Waals surface area contributed by atoms with Crippen molar-refractivity contribution in [1.29, 1.82) is 0 Å². The molecule has 32 heavy (non-hydrogen) atoms. The van der Waals surface area contributed by atoms with Gasteiger partial charge in [0.25, 0.3) is 0 Å². The fourth-order valence-electron chi connectivity index (χ4n) is 2.75. The maximum atomic E-state index is 12.8. The number of aliphatic hydroxyl groups is 1. The van der Waals surface area contributed by atoms with Crippen LogP contribution >= 0.6 is 0 Å². The van der Waals surface area contributed by atoms with Crippen LogP contribution in [-0.2, 0) is 24.0 Å². The molecule has 4 atom stereocenters. The molecule has 0 aromatic rings. The van der Waals surface area contributed by atoms with Gasteiger partial charge < -0.3 is 42.7 Å². The first-order valence-corrected chi connectivity index (χ1v) is 10.3. The largest absolute Gasteiger partial charge is 0.481 e. The third-order valence-corrected chi connectivity index (χ3v) is 4.45. The van der Waals surface area contributed by atoms with Gasteiger partial charge in [-0.2, -0.15) is 0 Å². The fourth-order valence-corrected chi connectivity index (χ4v) is 2.75. The van der Waals surface area contributed by atoms with Crippen LogP contribution in [0.3, 0.4) is 0 Å². The summed E-state index contributed by atoms with van der Waals surface area (Å²) in [6, 6.07) is -5.14. The van der Waals surface area contributed by atoms with Crippen molar-refractivity contribution in [3.63, 3.8) is 0 Å². The SMILES string of the molecule is CC(C)CC(NC(=O)C(CCCCN)NC(=O)C(N)CO)C(=O)NC(CC(=O)O)C(=O)O. The van der Waals surface area contributed by atoms with Crippen molar-refractivity contribution in [3.8, 4) is 0 Å². The predicted octanol–water partition coefficient (Wildman–Crippen LogP) is -2.51. The number of nitrogens with one attached hydrogen (secondary N) is 3. The molecule has 0 aliphatic rings. The number of unbranched alkanes of at least 4 members (excludes halogenated alkanes) is 1. The normalized spacial score (nSPS) is 14.7. The summed E-state index contributed by atoms with van der Waals surface area (Å²) in [5, 5.41) is 34.1. The van der Waals surface area contributed by atoms with Crippen LogP contribution in [0.2, 0.25) is 0 Å². The van der Waals surface area contributed by atoms with E-state index in [9.17, 15) is 24.0 Å². The van der Waals surface area contributed by atoms with E-state index in [0.717, 1.165) is 0 Å². The number of carbonyl (C=O) groups is 5. The average molecular weight is 462 g/mol. The summed E-state index contributed by atoms with van der Waals surface area (Å²) in [4.78, 5) is 59.6. The first-order valence-electron chi connectivity index (χ1n) is 10.3. The van der Waals surface area contributed by atoms with Gasteiger partial charge in [0.1, 0.15) is 24.2 Å². The van der Waals surface area contributed by atoms with E-state index < -0.39 is 66.9 Å². The van der Waals surface area contributed by atoms with Gasteiger partial charge in [-0.15, -0.1) is 0 Å². The molecule has 0 spiro atoms. The summed E-state index contributed by atoms with van der Waals surface area (Å²) in [6.45, 7) is 3.30. The van der Waals surface area contributed by atoms with Gasteiger partial charge in [-0.05, 0) is 38.1 Å². The van der Waals surface area contributed by atoms with Gasteiger partial charge in [0.05, 0.1) is 13.0 Å². The Morgan fingerprint density at radius 3 is 1.84 bits per heavy atom. The molecule has 3 amide bonds. The van der Waals surface area contributed by atoms with E-state index in [-0.39, 0.29) is 18.8 Å². The van der Waals surface area contributed by atoms with E-state index in [1.807, 2.05) is 0 Å². The number of carboxylic acid groups (broad SMARTS) is 2. The number of hydrogen-bond acceptors (Lipinski definition) is 8. The minimum atomic E-state index is -1.67. The topological polar surface area (TPSA) is 234 Å². The van der Waals surface area contributed by atoms with E-state index >= 15 is 0 Å². The molecule has 0 radical (unpaired) electrons. The number of hydrogen-bond donors (Lipinski definition) is 8. The lowest BCUT2D eigenvalue weighted by Crippen LogP contribution is -2.57. The lowest BCUT2D eigenvalue weighted by molar-refractivity contribution is -0.147. The fraction of sp³-hybridized carbons (Fsp3) is 0.737. The Morgan fingerprint density at radius 1 is 0.844 bits per heavy atom. The highest BCUT2D eigenvalue weighted by Crippen LogP contribution is 2.08. The molecular weight excluding hydrogens is 426 g/mol. The number of aliphatic carboxylic acids is 2. The Bertz CT molecular complexity index is 658. The second kappa shape index (κ2) is 15.1. The Kier molecular flexibility index (Phi) is 13.8. The molecule has 184 valence electrons. The predicted molar refractivity (Wildman–Crippen MR) is 113 cm³/mol. The van der Waals surface area contributed by atoms with Crippen molar-refractivity contribution >= 4 is 29.7 Å². The van der Waals surface area contributed by atoms with Crippen LogP contribution in [0.1, 0.15) is 46.0 Å². The van der Waals surface area contributed by atoms with Gasteiger partial charge >= 0.3 is 11.9 Å². The standard InChI is InChI=1S/C19H35N5O8/c1-10(2)7-13(18(30)24-14(19(31)32)8-15(26)27)23-17(29)12(5-3-4-6-20)22-16(28)11(21)9-25/h10-14,25H,3-9,20-21H2,1-2H3,(H,22,28)(H,23,29)(H,24,30)(H,26,27)(H,31,32). The first-order chi connectivity index (χ1) is 14.9. The molecule has 13 heteroatoms. The number of carboxylic acids is 2. The van der Waals surface area contributed by atoms with Crippen LogP contribution in [0.5, 0.6) is 0 Å². The van der Waals surface area contributed by atoms with Crippen molar-refractivity contribution in [2.75, 3.05) is 13.2 Å². The van der Waals surface area contributed by atoms with Crippen LogP contribution in [-0.4, -0.2) is 82.3 Å². The maximum absolute atomic E-state index is 12.8. The molecule has 0 aromatic carbocycles. The van der Waals surface area contributed by atoms with E-state index in [1.165, 1.54) is 0 Å². The van der Waals surface area contributed by atoms with E-state index in [1.54, 1.807) is 13.8 Å². The molecule has 0 saturated carbocycles. The molecule has 0 aromatic heterocycles. The molecule has 4 unspecified atom stereocenters. The Labute approximate surface area is 186 Å². The minimum absolute atomic E-state index is 0.0816. The molecule has 0 saturated heterocycles. The van der Waals surface area contributed by atoms with E-state index in [2.05, 4.69) is 16.0 Å². The number of amides is 3. The molecular formula is C19H35N5O8. The molecule has 0 fully saturated rings. The first kappa shape index (κ1) is 29.2. The van der Waals surface area contributed by atoms with Crippen molar-refractivity contribution in [2.24, 2.45) is 17.4 Å². The lowest BCUT2D eigenvalue weighted by atomic mass is 10.0. The van der Waals surface area contributed by atoms with Crippen molar-refractivity contribution in [2.45, 2.75) is 70.1 Å². The molecule has 0 heterocycles. The summed E-state index contributed by atoms with van der Waals surface area (Å²) >= 11 is 0. The van der Waals surface area contributed by atoms with Gasteiger partial charge in [-0.3, -0.25) is 19.2 Å². The molecule has 0 aliphatic heterocycles. The summed E-state index contributed by atoms with van der Waals surface area (Å²) in [7, 11) is 0. The zero-order chi connectivity index (χ0) is 24.8. The van der Waals surface area contributed by atoms with E-state index in [4.69, 9.17) is 26.8 Å².